The van der Waals surface area contributed by atoms with Crippen LogP contribution in [0.1, 0.15) is 22.3 Å². The fourth-order valence-corrected chi connectivity index (χ4v) is 11.3. The molecular formula is C65H44N2. The summed E-state index contributed by atoms with van der Waals surface area (Å²) in [4.78, 5) is 4.94. The molecule has 0 saturated carbocycles. The van der Waals surface area contributed by atoms with Crippen LogP contribution in [0.3, 0.4) is 0 Å². The summed E-state index contributed by atoms with van der Waals surface area (Å²) >= 11 is 0. The van der Waals surface area contributed by atoms with Crippen molar-refractivity contribution in [3.8, 4) is 44.5 Å². The summed E-state index contributed by atoms with van der Waals surface area (Å²) in [6.45, 7) is 0. The van der Waals surface area contributed by atoms with E-state index in [9.17, 15) is 0 Å². The van der Waals surface area contributed by atoms with Gasteiger partial charge in [0.05, 0.1) is 16.8 Å². The number of fused-ring (bicyclic) bond motifs is 11. The Morgan fingerprint density at radius 1 is 0.254 bits per heavy atom. The van der Waals surface area contributed by atoms with Gasteiger partial charge in [0.2, 0.25) is 0 Å². The lowest BCUT2D eigenvalue weighted by molar-refractivity contribution is 0.793. The van der Waals surface area contributed by atoms with Gasteiger partial charge in [-0.25, -0.2) is 0 Å². The fraction of sp³-hybridized carbons (Fsp3) is 0.0154. The van der Waals surface area contributed by atoms with Crippen LogP contribution in [0, 0.1) is 0 Å². The molecule has 1 spiro atoms. The van der Waals surface area contributed by atoms with Crippen molar-refractivity contribution in [1.29, 1.82) is 0 Å². The molecule has 11 aromatic carbocycles. The molecule has 1 unspecified atom stereocenters. The van der Waals surface area contributed by atoms with Crippen LogP contribution in [0.15, 0.2) is 267 Å². The van der Waals surface area contributed by atoms with E-state index in [4.69, 9.17) is 0 Å². The molecule has 0 aromatic heterocycles. The van der Waals surface area contributed by atoms with Crippen molar-refractivity contribution in [2.24, 2.45) is 0 Å². The van der Waals surface area contributed by atoms with E-state index in [1.165, 1.54) is 77.5 Å². The van der Waals surface area contributed by atoms with E-state index in [2.05, 4.69) is 277 Å². The number of hydrogen-bond donors (Lipinski definition) is 0. The van der Waals surface area contributed by atoms with Crippen LogP contribution in [0.25, 0.3) is 55.3 Å². The van der Waals surface area contributed by atoms with Crippen molar-refractivity contribution in [3.05, 3.63) is 289 Å². The predicted octanol–water partition coefficient (Wildman–Crippen LogP) is 17.5. The second-order valence-corrected chi connectivity index (χ2v) is 17.6. The highest BCUT2D eigenvalue weighted by Gasteiger charge is 2.52. The molecule has 0 heterocycles. The molecule has 314 valence electrons. The van der Waals surface area contributed by atoms with Crippen LogP contribution in [-0.4, -0.2) is 0 Å². The number of anilines is 6. The van der Waals surface area contributed by atoms with Crippen LogP contribution in [-0.2, 0) is 5.41 Å². The summed E-state index contributed by atoms with van der Waals surface area (Å²) in [7, 11) is 0. The van der Waals surface area contributed by atoms with Gasteiger partial charge < -0.3 is 9.80 Å². The first-order valence-corrected chi connectivity index (χ1v) is 23.2. The molecule has 0 N–H and O–H groups in total. The van der Waals surface area contributed by atoms with Crippen molar-refractivity contribution in [2.75, 3.05) is 9.80 Å². The smallest absolute Gasteiger partial charge is 0.0727 e. The number of rotatable bonds is 8. The normalized spacial score (nSPS) is 14.0. The van der Waals surface area contributed by atoms with Gasteiger partial charge in [-0.15, -0.1) is 0 Å². The van der Waals surface area contributed by atoms with Crippen LogP contribution >= 0.6 is 0 Å². The highest BCUT2D eigenvalue weighted by atomic mass is 15.2. The van der Waals surface area contributed by atoms with Crippen molar-refractivity contribution in [3.63, 3.8) is 0 Å². The topological polar surface area (TPSA) is 6.48 Å². The van der Waals surface area contributed by atoms with Crippen LogP contribution < -0.4 is 9.80 Å². The van der Waals surface area contributed by atoms with Crippen molar-refractivity contribution >= 4 is 44.9 Å². The van der Waals surface area contributed by atoms with E-state index >= 15 is 0 Å². The molecule has 0 radical (unpaired) electrons. The van der Waals surface area contributed by atoms with Gasteiger partial charge >= 0.3 is 0 Å². The molecule has 0 fully saturated rings. The third kappa shape index (κ3) is 6.04. The van der Waals surface area contributed by atoms with Crippen LogP contribution in [0.4, 0.5) is 34.1 Å². The minimum Gasteiger partial charge on any atom is -0.310 e. The maximum Gasteiger partial charge on any atom is 0.0727 e. The Morgan fingerprint density at radius 2 is 0.672 bits per heavy atom. The van der Waals surface area contributed by atoms with E-state index in [-0.39, 0.29) is 0 Å². The first kappa shape index (κ1) is 38.7. The van der Waals surface area contributed by atoms with Gasteiger partial charge in [0.15, 0.2) is 0 Å². The summed E-state index contributed by atoms with van der Waals surface area (Å²) in [5.74, 6) is 0. The SMILES string of the molecule is c1ccc(-c2ccccc2N(c2ccccc2)c2ccc3c(c2)C2(c4ccccc4-3)c3ccccc3-c3ccc(N(c4ccccc4)c4c(-c5ccccc5)ccc5ccccc45)cc32)cc1. The van der Waals surface area contributed by atoms with Crippen molar-refractivity contribution < 1.29 is 0 Å². The molecule has 13 rings (SSSR count). The first-order valence-electron chi connectivity index (χ1n) is 23.2. The average Bonchev–Trinajstić information content (AvgIpc) is 3.87. The maximum atomic E-state index is 2.51. The number of nitrogens with zero attached hydrogens (tertiary/aromatic N) is 2. The monoisotopic (exact) mass is 852 g/mol. The molecule has 0 amide bonds. The molecule has 2 aliphatic carbocycles. The Balaban J connectivity index is 1.09. The van der Waals surface area contributed by atoms with E-state index in [0.717, 1.165) is 34.1 Å². The molecule has 0 bridgehead atoms. The maximum absolute atomic E-state index is 2.51. The summed E-state index contributed by atoms with van der Waals surface area (Å²) in [5, 5.41) is 2.40. The zero-order valence-corrected chi connectivity index (χ0v) is 36.8. The van der Waals surface area contributed by atoms with Gasteiger partial charge in [0.25, 0.3) is 0 Å². The molecule has 2 nitrogen and oxygen atoms in total. The quantitative estimate of drug-likeness (QED) is 0.150. The minimum atomic E-state index is -0.603. The zero-order valence-electron chi connectivity index (χ0n) is 36.8. The molecule has 1 atom stereocenters. The second kappa shape index (κ2) is 15.8. The molecule has 0 saturated heterocycles. The van der Waals surface area contributed by atoms with E-state index in [0.29, 0.717) is 0 Å². The summed E-state index contributed by atoms with van der Waals surface area (Å²) in [5.41, 5.74) is 21.1. The van der Waals surface area contributed by atoms with Gasteiger partial charge in [-0.05, 0) is 116 Å². The van der Waals surface area contributed by atoms with E-state index in [1.807, 2.05) is 0 Å². The van der Waals surface area contributed by atoms with Gasteiger partial charge in [0, 0.05) is 39.3 Å². The van der Waals surface area contributed by atoms with Gasteiger partial charge in [0.1, 0.15) is 0 Å². The third-order valence-electron chi connectivity index (χ3n) is 14.0. The molecule has 2 heteroatoms. The Hall–Kier alpha value is -8.72. The zero-order chi connectivity index (χ0) is 44.3. The lowest BCUT2D eigenvalue weighted by atomic mass is 9.70. The molecular weight excluding hydrogens is 809 g/mol. The third-order valence-corrected chi connectivity index (χ3v) is 14.0. The Kier molecular flexibility index (Phi) is 9.11. The van der Waals surface area contributed by atoms with Crippen molar-refractivity contribution in [1.82, 2.24) is 0 Å². The summed E-state index contributed by atoms with van der Waals surface area (Å²) < 4.78 is 0. The molecule has 11 aromatic rings. The summed E-state index contributed by atoms with van der Waals surface area (Å²) in [6, 6.07) is 98.2. The predicted molar refractivity (Wildman–Crippen MR) is 280 cm³/mol. The molecule has 0 aliphatic heterocycles. The fourth-order valence-electron chi connectivity index (χ4n) is 11.3. The second-order valence-electron chi connectivity index (χ2n) is 17.6. The number of para-hydroxylation sites is 3. The number of benzene rings is 11. The van der Waals surface area contributed by atoms with Crippen LogP contribution in [0.2, 0.25) is 0 Å². The standard InChI is InChI=1S/C65H44N2/c1-5-21-45(22-6-1)52-30-17-20-36-63(52)66(48-26-9-3-10-27-48)50-38-41-57-55-32-15-18-34-59(55)65(61(57)43-50)60-35-19-16-33-56(60)58-42-39-51(44-62(58)65)67(49-28-11-4-12-29-49)64-53-31-14-13-25-47(53)37-40-54(64)46-23-7-2-8-24-46/h1-44H. The Labute approximate surface area is 391 Å². The largest absolute Gasteiger partial charge is 0.310 e. The van der Waals surface area contributed by atoms with E-state index in [1.54, 1.807) is 0 Å². The summed E-state index contributed by atoms with van der Waals surface area (Å²) in [6.07, 6.45) is 0. The van der Waals surface area contributed by atoms with Crippen LogP contribution in [0.5, 0.6) is 0 Å². The average molecular weight is 853 g/mol. The Bertz CT molecular complexity index is 3630. The highest BCUT2D eigenvalue weighted by Crippen LogP contribution is 2.64. The minimum absolute atomic E-state index is 0.603. The van der Waals surface area contributed by atoms with Gasteiger partial charge in [-0.2, -0.15) is 0 Å². The number of hydrogen-bond acceptors (Lipinski definition) is 2. The lowest BCUT2D eigenvalue weighted by Crippen LogP contribution is -2.26. The van der Waals surface area contributed by atoms with E-state index < -0.39 is 5.41 Å². The first-order chi connectivity index (χ1) is 33.3. The molecule has 2 aliphatic rings. The van der Waals surface area contributed by atoms with Gasteiger partial charge in [-0.3, -0.25) is 0 Å². The highest BCUT2D eigenvalue weighted by molar-refractivity contribution is 6.07. The lowest BCUT2D eigenvalue weighted by Gasteiger charge is -2.34. The van der Waals surface area contributed by atoms with Gasteiger partial charge in [-0.1, -0.05) is 212 Å². The molecule has 67 heavy (non-hydrogen) atoms. The van der Waals surface area contributed by atoms with Crippen molar-refractivity contribution in [2.45, 2.75) is 5.41 Å². The Morgan fingerprint density at radius 3 is 1.27 bits per heavy atom.